The van der Waals surface area contributed by atoms with Gasteiger partial charge in [0.2, 0.25) is 16.7 Å². The van der Waals surface area contributed by atoms with E-state index in [2.05, 4.69) is 45.7 Å². The highest BCUT2D eigenvalue weighted by Crippen LogP contribution is 2.41. The summed E-state index contributed by atoms with van der Waals surface area (Å²) in [5.41, 5.74) is 2.41. The zero-order valence-electron chi connectivity index (χ0n) is 18.6. The van der Waals surface area contributed by atoms with Gasteiger partial charge < -0.3 is 24.1 Å². The Labute approximate surface area is 216 Å². The number of halogens is 1. The molecule has 0 aliphatic carbocycles. The van der Waals surface area contributed by atoms with Gasteiger partial charge in [-0.25, -0.2) is 4.98 Å². The van der Waals surface area contributed by atoms with Crippen LogP contribution >= 0.6 is 38.8 Å². The molecule has 0 atom stereocenters. The maximum atomic E-state index is 5.42. The third-order valence-electron chi connectivity index (χ3n) is 4.83. The van der Waals surface area contributed by atoms with Gasteiger partial charge in [-0.3, -0.25) is 0 Å². The highest BCUT2D eigenvalue weighted by molar-refractivity contribution is 9.10. The van der Waals surface area contributed by atoms with E-state index in [1.165, 1.54) is 22.9 Å². The molecule has 0 aliphatic heterocycles. The van der Waals surface area contributed by atoms with Crippen molar-refractivity contribution in [3.63, 3.8) is 0 Å². The molecule has 35 heavy (non-hydrogen) atoms. The molecule has 0 saturated carbocycles. The van der Waals surface area contributed by atoms with Crippen LogP contribution in [0, 0.1) is 0 Å². The van der Waals surface area contributed by atoms with Crippen molar-refractivity contribution in [2.24, 2.45) is 0 Å². The van der Waals surface area contributed by atoms with E-state index in [-0.39, 0.29) is 0 Å². The lowest BCUT2D eigenvalue weighted by Gasteiger charge is -2.12. The minimum Gasteiger partial charge on any atom is -0.493 e. The minimum absolute atomic E-state index is 0.381. The molecular formula is C22H17BrN6O4S2. The highest BCUT2D eigenvalue weighted by atomic mass is 79.9. The summed E-state index contributed by atoms with van der Waals surface area (Å²) in [6.45, 7) is 0. The number of methoxy groups -OCH3 is 3. The number of nitrogens with one attached hydrogen (secondary N) is 1. The molecule has 0 bridgehead atoms. The van der Waals surface area contributed by atoms with Crippen LogP contribution in [0.1, 0.15) is 0 Å². The normalized spacial score (nSPS) is 10.9. The molecule has 3 heterocycles. The van der Waals surface area contributed by atoms with Crippen LogP contribution < -0.4 is 19.5 Å². The first kappa shape index (κ1) is 23.2. The second-order valence-corrected chi connectivity index (χ2v) is 9.36. The van der Waals surface area contributed by atoms with E-state index in [9.17, 15) is 0 Å². The van der Waals surface area contributed by atoms with Gasteiger partial charge in [-0.05, 0) is 52.3 Å². The summed E-state index contributed by atoms with van der Waals surface area (Å²) in [4.78, 5) is 13.3. The van der Waals surface area contributed by atoms with E-state index in [1.807, 2.05) is 41.8 Å². The van der Waals surface area contributed by atoms with Crippen molar-refractivity contribution in [3.8, 4) is 50.9 Å². The van der Waals surface area contributed by atoms with E-state index in [4.69, 9.17) is 18.7 Å². The van der Waals surface area contributed by atoms with Crippen LogP contribution in [-0.4, -0.2) is 45.8 Å². The number of aromatic nitrogens is 5. The molecule has 5 rings (SSSR count). The first-order valence-electron chi connectivity index (χ1n) is 10.0. The number of benzene rings is 2. The van der Waals surface area contributed by atoms with Gasteiger partial charge in [0.05, 0.1) is 21.3 Å². The summed E-state index contributed by atoms with van der Waals surface area (Å²) in [7, 11) is 4.70. The van der Waals surface area contributed by atoms with Gasteiger partial charge in [-0.1, -0.05) is 5.16 Å². The Kier molecular flexibility index (Phi) is 6.61. The molecule has 3 aromatic heterocycles. The van der Waals surface area contributed by atoms with Gasteiger partial charge in [-0.2, -0.15) is 14.3 Å². The molecule has 0 saturated heterocycles. The summed E-state index contributed by atoms with van der Waals surface area (Å²) >= 11 is 6.00. The highest BCUT2D eigenvalue weighted by Gasteiger charge is 2.17. The first-order chi connectivity index (χ1) is 17.1. The molecule has 0 aliphatic rings. The van der Waals surface area contributed by atoms with Crippen LogP contribution in [-0.2, 0) is 0 Å². The first-order valence-corrected chi connectivity index (χ1v) is 12.5. The van der Waals surface area contributed by atoms with Crippen molar-refractivity contribution in [1.29, 1.82) is 0 Å². The fourth-order valence-electron chi connectivity index (χ4n) is 3.21. The largest absolute Gasteiger partial charge is 0.493 e. The third-order valence-corrected chi connectivity index (χ3v) is 7.00. The van der Waals surface area contributed by atoms with Crippen LogP contribution in [0.15, 0.2) is 50.9 Å². The van der Waals surface area contributed by atoms with Gasteiger partial charge in [0.1, 0.15) is 4.60 Å². The number of nitrogens with zero attached hydrogens (tertiary/aromatic N) is 5. The molecule has 0 fully saturated rings. The van der Waals surface area contributed by atoms with Crippen LogP contribution in [0.25, 0.3) is 33.7 Å². The summed E-state index contributed by atoms with van der Waals surface area (Å²) in [6, 6.07) is 11.2. The Morgan fingerprint density at radius 3 is 2.26 bits per heavy atom. The van der Waals surface area contributed by atoms with Crippen LogP contribution in [0.5, 0.6) is 17.2 Å². The van der Waals surface area contributed by atoms with Crippen molar-refractivity contribution in [3.05, 3.63) is 46.4 Å². The molecule has 13 heteroatoms. The number of hydrogen-bond acceptors (Lipinski definition) is 12. The monoisotopic (exact) mass is 572 g/mol. The molecule has 1 N–H and O–H groups in total. The average molecular weight is 573 g/mol. The lowest BCUT2D eigenvalue weighted by Crippen LogP contribution is -1.96. The average Bonchev–Trinajstić information content (AvgIpc) is 3.65. The van der Waals surface area contributed by atoms with E-state index in [1.54, 1.807) is 21.3 Å². The summed E-state index contributed by atoms with van der Waals surface area (Å²) in [6.07, 6.45) is 0. The van der Waals surface area contributed by atoms with Crippen molar-refractivity contribution in [2.75, 3.05) is 26.6 Å². The Morgan fingerprint density at radius 2 is 1.63 bits per heavy atom. The molecule has 5 aromatic rings. The lowest BCUT2D eigenvalue weighted by molar-refractivity contribution is 0.324. The van der Waals surface area contributed by atoms with Gasteiger partial charge in [0.25, 0.3) is 5.89 Å². The molecule has 0 spiro atoms. The van der Waals surface area contributed by atoms with Crippen molar-refractivity contribution in [1.82, 2.24) is 24.5 Å². The van der Waals surface area contributed by atoms with E-state index in [0.29, 0.717) is 44.9 Å². The molecule has 178 valence electrons. The van der Waals surface area contributed by atoms with Gasteiger partial charge in [0.15, 0.2) is 22.3 Å². The molecule has 0 amide bonds. The second kappa shape index (κ2) is 9.98. The van der Waals surface area contributed by atoms with E-state index in [0.717, 1.165) is 21.4 Å². The van der Waals surface area contributed by atoms with E-state index >= 15 is 0 Å². The predicted molar refractivity (Wildman–Crippen MR) is 137 cm³/mol. The summed E-state index contributed by atoms with van der Waals surface area (Å²) in [5, 5.41) is 10.5. The zero-order valence-corrected chi connectivity index (χ0v) is 21.8. The van der Waals surface area contributed by atoms with Crippen molar-refractivity contribution in [2.45, 2.75) is 0 Å². The number of anilines is 2. The van der Waals surface area contributed by atoms with Crippen molar-refractivity contribution < 1.29 is 18.7 Å². The summed E-state index contributed by atoms with van der Waals surface area (Å²) < 4.78 is 26.8. The predicted octanol–water partition coefficient (Wildman–Crippen LogP) is 5.91. The number of rotatable bonds is 8. The standard InChI is InChI=1S/C22H17BrN6O4S2/c1-30-14-8-12(9-15(31-2)17(14)32-3)19-27-22(35-29-19)24-13-6-4-11(5-7-13)18-26-20(33-28-18)21-25-16(23)10-34-21/h4-10H,1-3H3,(H,24,27,29). The third kappa shape index (κ3) is 4.83. The molecule has 2 aromatic carbocycles. The van der Waals surface area contributed by atoms with Gasteiger partial charge >= 0.3 is 0 Å². The number of thiazole rings is 1. The zero-order chi connectivity index (χ0) is 24.4. The quantitative estimate of drug-likeness (QED) is 0.240. The Balaban J connectivity index is 1.32. The SMILES string of the molecule is COc1cc(-c2nsc(Nc3ccc(-c4noc(-c5nc(Br)cs5)n4)cc3)n2)cc(OC)c1OC. The fourth-order valence-corrected chi connectivity index (χ4v) is 4.99. The summed E-state index contributed by atoms with van der Waals surface area (Å²) in [5.74, 6) is 2.99. The number of hydrogen-bond donors (Lipinski definition) is 1. The molecule has 10 nitrogen and oxygen atoms in total. The fraction of sp³-hybridized carbons (Fsp3) is 0.136. The van der Waals surface area contributed by atoms with Crippen LogP contribution in [0.3, 0.4) is 0 Å². The Morgan fingerprint density at radius 1 is 0.886 bits per heavy atom. The Hall–Kier alpha value is -3.55. The van der Waals surface area contributed by atoms with Crippen molar-refractivity contribution >= 4 is 49.6 Å². The molecule has 0 radical (unpaired) electrons. The smallest absolute Gasteiger partial charge is 0.287 e. The van der Waals surface area contributed by atoms with Gasteiger partial charge in [0, 0.05) is 33.7 Å². The maximum Gasteiger partial charge on any atom is 0.287 e. The van der Waals surface area contributed by atoms with Crippen LogP contribution in [0.4, 0.5) is 10.8 Å². The molecular weight excluding hydrogens is 556 g/mol. The second-order valence-electron chi connectivity index (χ2n) is 6.94. The Bertz CT molecular complexity index is 1440. The van der Waals surface area contributed by atoms with E-state index < -0.39 is 0 Å². The molecule has 0 unspecified atom stereocenters. The van der Waals surface area contributed by atoms with Crippen LogP contribution in [0.2, 0.25) is 0 Å². The minimum atomic E-state index is 0.381. The lowest BCUT2D eigenvalue weighted by atomic mass is 10.1. The topological polar surface area (TPSA) is 117 Å². The number of ether oxygens (including phenoxy) is 3. The maximum absolute atomic E-state index is 5.42. The van der Waals surface area contributed by atoms with Gasteiger partial charge in [-0.15, -0.1) is 11.3 Å².